The summed E-state index contributed by atoms with van der Waals surface area (Å²) in [5.41, 5.74) is 10.2. The highest BCUT2D eigenvalue weighted by Crippen LogP contribution is 2.35. The smallest absolute Gasteiger partial charge is 0.246 e. The van der Waals surface area contributed by atoms with Gasteiger partial charge in [0, 0.05) is 63.2 Å². The van der Waals surface area contributed by atoms with Crippen LogP contribution in [-0.4, -0.2) is 98.4 Å². The lowest BCUT2D eigenvalue weighted by molar-refractivity contribution is -0.141. The largest absolute Gasteiger partial charge is 0.464 e. The van der Waals surface area contributed by atoms with Crippen molar-refractivity contribution >= 4 is 46.4 Å². The molecule has 15 nitrogen and oxygen atoms in total. The highest BCUT2D eigenvalue weighted by atomic mass is 16.5. The fraction of sp³-hybridized carbons (Fsp3) is 0.333. The summed E-state index contributed by atoms with van der Waals surface area (Å²) in [4.78, 5) is 84.6. The Morgan fingerprint density at radius 2 is 1.61 bits per heavy atom. The highest BCUT2D eigenvalue weighted by molar-refractivity contribution is 5.97. The monoisotopic (exact) mass is 895 g/mol. The van der Waals surface area contributed by atoms with Crippen molar-refractivity contribution in [1.82, 2.24) is 31.5 Å². The van der Waals surface area contributed by atoms with Crippen molar-refractivity contribution in [2.45, 2.75) is 57.2 Å². The maximum absolute atomic E-state index is 14.9. The zero-order valence-electron chi connectivity index (χ0n) is 36.9. The van der Waals surface area contributed by atoms with E-state index < -0.39 is 47.0 Å². The fourth-order valence-electron chi connectivity index (χ4n) is 8.55. The molecule has 0 saturated carbocycles. The minimum absolute atomic E-state index is 0.0136. The van der Waals surface area contributed by atoms with Crippen LogP contribution in [0.2, 0.25) is 0 Å². The van der Waals surface area contributed by atoms with Crippen molar-refractivity contribution in [3.05, 3.63) is 144 Å². The second kappa shape index (κ2) is 22.7. The quantitative estimate of drug-likeness (QED) is 0.107. The van der Waals surface area contributed by atoms with Crippen LogP contribution in [0.4, 0.5) is 0 Å². The zero-order valence-corrected chi connectivity index (χ0v) is 36.9. The van der Waals surface area contributed by atoms with E-state index in [1.807, 2.05) is 91.0 Å². The number of hydrogen-bond acceptors (Lipinski definition) is 9. The normalized spacial score (nSPS) is 20.7. The first-order chi connectivity index (χ1) is 32.1. The van der Waals surface area contributed by atoms with Crippen molar-refractivity contribution in [3.8, 4) is 11.1 Å². The number of carbonyl (C=O) groups excluding carboxylic acids is 6. The van der Waals surface area contributed by atoms with Crippen LogP contribution in [-0.2, 0) is 59.3 Å². The molecular formula is C51H57N7O8. The van der Waals surface area contributed by atoms with Crippen LogP contribution in [0, 0.1) is 5.41 Å². The van der Waals surface area contributed by atoms with Gasteiger partial charge in [-0.3, -0.25) is 28.8 Å². The second-order valence-corrected chi connectivity index (χ2v) is 16.8. The molecule has 66 heavy (non-hydrogen) atoms. The van der Waals surface area contributed by atoms with Gasteiger partial charge in [-0.1, -0.05) is 84.9 Å². The van der Waals surface area contributed by atoms with Crippen molar-refractivity contribution in [2.75, 3.05) is 45.9 Å². The molecule has 7 N–H and O–H groups in total. The van der Waals surface area contributed by atoms with Gasteiger partial charge in [0.2, 0.25) is 35.4 Å². The summed E-state index contributed by atoms with van der Waals surface area (Å²) in [5, 5.41) is 15.4. The number of carbonyl (C=O) groups is 6. The summed E-state index contributed by atoms with van der Waals surface area (Å²) in [5.74, 6) is -2.72. The summed E-state index contributed by atoms with van der Waals surface area (Å²) in [6, 6.07) is 30.4. The summed E-state index contributed by atoms with van der Waals surface area (Å²) in [6.45, 7) is 1.57. The van der Waals surface area contributed by atoms with Gasteiger partial charge in [-0.15, -0.1) is 0 Å². The lowest BCUT2D eigenvalue weighted by Gasteiger charge is -2.42. The number of hydrogen-bond donors (Lipinski definition) is 6. The molecule has 2 aliphatic rings. The first-order valence-corrected chi connectivity index (χ1v) is 22.4. The third kappa shape index (κ3) is 12.6. The lowest BCUT2D eigenvalue weighted by atomic mass is 9.74. The molecule has 1 fully saturated rings. The topological polar surface area (TPSA) is 214 Å². The molecule has 6 amide bonds. The van der Waals surface area contributed by atoms with E-state index in [-0.39, 0.29) is 58.0 Å². The van der Waals surface area contributed by atoms with E-state index in [0.717, 1.165) is 39.3 Å². The summed E-state index contributed by atoms with van der Waals surface area (Å²) >= 11 is 0. The molecule has 3 heterocycles. The number of benzene rings is 4. The van der Waals surface area contributed by atoms with Crippen LogP contribution in [0.25, 0.3) is 22.1 Å². The molecule has 4 aromatic carbocycles. The third-order valence-electron chi connectivity index (χ3n) is 12.0. The molecule has 0 aliphatic carbocycles. The molecule has 15 heteroatoms. The Balaban J connectivity index is 1.18. The molecule has 0 unspecified atom stereocenters. The molecule has 0 radical (unpaired) electrons. The molecule has 2 bridgehead atoms. The van der Waals surface area contributed by atoms with Crippen LogP contribution >= 0.6 is 0 Å². The number of rotatable bonds is 11. The van der Waals surface area contributed by atoms with Gasteiger partial charge in [-0.25, -0.2) is 0 Å². The van der Waals surface area contributed by atoms with Crippen LogP contribution in [0.15, 0.2) is 126 Å². The minimum atomic E-state index is -1.11. The number of nitrogens with one attached hydrogen (secondary N) is 5. The van der Waals surface area contributed by atoms with Gasteiger partial charge >= 0.3 is 0 Å². The van der Waals surface area contributed by atoms with Gasteiger partial charge in [0.25, 0.3) is 0 Å². The SMILES string of the molecule is NCCOCCNC(=O)[C@@H]1CCNC(=O)/C=C/C(=O)N2CCC[C@](Cc3ccccc3)(C2)C(=O)N[C@@H](Cc2ccc(-c3ccc4occc4c3)cc2)C(=O)NCc2ccccc2CC(=O)N1. The third-order valence-corrected chi connectivity index (χ3v) is 12.0. The molecule has 5 aromatic rings. The number of furan rings is 1. The van der Waals surface area contributed by atoms with Crippen LogP contribution in [0.1, 0.15) is 41.5 Å². The average molecular weight is 896 g/mol. The Hall–Kier alpha value is -7.10. The Morgan fingerprint density at radius 3 is 2.41 bits per heavy atom. The Kier molecular flexibility index (Phi) is 16.1. The van der Waals surface area contributed by atoms with E-state index in [2.05, 4.69) is 26.6 Å². The number of nitrogens with two attached hydrogens (primary N) is 1. The van der Waals surface area contributed by atoms with Crippen molar-refractivity contribution < 1.29 is 37.9 Å². The Morgan fingerprint density at radius 1 is 0.833 bits per heavy atom. The highest BCUT2D eigenvalue weighted by Gasteiger charge is 2.44. The maximum Gasteiger partial charge on any atom is 0.246 e. The van der Waals surface area contributed by atoms with E-state index in [4.69, 9.17) is 14.9 Å². The average Bonchev–Trinajstić information content (AvgIpc) is 3.81. The standard InChI is InChI=1S/C51H57N7O8/c52-22-27-65-28-24-54-48(62)42-19-23-53-45(59)17-18-47(61)58-25-6-21-51(34-58,32-36-7-2-1-3-8-36)50(64)57-43(49(63)55-33-41-10-5-4-9-38(41)31-46(60)56-42)29-35-11-13-37(14-12-35)39-15-16-44-40(30-39)20-26-66-44/h1-5,7-18,20,26,30,42-43H,6,19,21-25,27-29,31-34,52H2,(H,53,59)(H,54,62)(H,55,63)(H,56,60)(H,57,64)/b18-17+/t42-,43-,51-/m0/s1. The van der Waals surface area contributed by atoms with Crippen molar-refractivity contribution in [3.63, 3.8) is 0 Å². The van der Waals surface area contributed by atoms with Crippen LogP contribution in [0.3, 0.4) is 0 Å². The number of amides is 6. The summed E-state index contributed by atoms with van der Waals surface area (Å²) in [6.07, 6.45) is 5.34. The molecule has 1 aromatic heterocycles. The fourth-order valence-corrected chi connectivity index (χ4v) is 8.55. The summed E-state index contributed by atoms with van der Waals surface area (Å²) < 4.78 is 10.9. The molecule has 0 spiro atoms. The van der Waals surface area contributed by atoms with Gasteiger partial charge in [0.1, 0.15) is 17.7 Å². The molecule has 344 valence electrons. The van der Waals surface area contributed by atoms with Crippen molar-refractivity contribution in [2.24, 2.45) is 11.1 Å². The van der Waals surface area contributed by atoms with Crippen molar-refractivity contribution in [1.29, 1.82) is 0 Å². The molecule has 1 saturated heterocycles. The number of piperidine rings is 1. The van der Waals surface area contributed by atoms with E-state index >= 15 is 0 Å². The van der Waals surface area contributed by atoms with Crippen LogP contribution < -0.4 is 32.3 Å². The molecule has 7 rings (SSSR count). The molecule has 2 aliphatic heterocycles. The Bertz CT molecular complexity index is 2520. The van der Waals surface area contributed by atoms with E-state index in [0.29, 0.717) is 50.1 Å². The number of nitrogens with zero attached hydrogens (tertiary/aromatic N) is 1. The minimum Gasteiger partial charge on any atom is -0.464 e. The molecular weight excluding hydrogens is 839 g/mol. The predicted octanol–water partition coefficient (Wildman–Crippen LogP) is 3.49. The molecule has 3 atom stereocenters. The summed E-state index contributed by atoms with van der Waals surface area (Å²) in [7, 11) is 0. The number of fused-ring (bicyclic) bond motifs is 4. The Labute approximate surface area is 383 Å². The predicted molar refractivity (Wildman–Crippen MR) is 249 cm³/mol. The second-order valence-electron chi connectivity index (χ2n) is 16.8. The van der Waals surface area contributed by atoms with Gasteiger partial charge in [-0.05, 0) is 77.3 Å². The van der Waals surface area contributed by atoms with Crippen LogP contribution in [0.5, 0.6) is 0 Å². The van der Waals surface area contributed by atoms with Gasteiger partial charge in [0.05, 0.1) is 31.3 Å². The zero-order chi connectivity index (χ0) is 46.3. The first-order valence-electron chi connectivity index (χ1n) is 22.4. The maximum atomic E-state index is 14.9. The van der Waals surface area contributed by atoms with E-state index in [1.54, 1.807) is 23.3 Å². The van der Waals surface area contributed by atoms with Gasteiger partial charge in [-0.2, -0.15) is 0 Å². The van der Waals surface area contributed by atoms with E-state index in [1.165, 1.54) is 6.08 Å². The first kappa shape index (κ1) is 46.9. The number of ether oxygens (including phenoxy) is 1. The van der Waals surface area contributed by atoms with E-state index in [9.17, 15) is 28.8 Å². The van der Waals surface area contributed by atoms with Gasteiger partial charge < -0.3 is 46.4 Å². The lowest BCUT2D eigenvalue weighted by Crippen LogP contribution is -2.58. The van der Waals surface area contributed by atoms with Gasteiger partial charge in [0.15, 0.2) is 0 Å².